The van der Waals surface area contributed by atoms with Crippen molar-refractivity contribution in [3.63, 3.8) is 0 Å². The summed E-state index contributed by atoms with van der Waals surface area (Å²) in [5, 5.41) is 4.78. The second-order valence-corrected chi connectivity index (χ2v) is 10.6. The van der Waals surface area contributed by atoms with Gasteiger partial charge in [0.25, 0.3) is 10.0 Å². The average molecular weight is 508 g/mol. The predicted octanol–water partition coefficient (Wildman–Crippen LogP) is 5.92. The Morgan fingerprint density at radius 3 is 2.39 bits per heavy atom. The Morgan fingerprint density at radius 2 is 1.75 bits per heavy atom. The van der Waals surface area contributed by atoms with Gasteiger partial charge >= 0.3 is 0 Å². The van der Waals surface area contributed by atoms with E-state index >= 15 is 0 Å². The van der Waals surface area contributed by atoms with Crippen LogP contribution in [0, 0.1) is 12.7 Å². The molecule has 0 atom stereocenters. The summed E-state index contributed by atoms with van der Waals surface area (Å²) in [7, 11) is -4.13. The molecule has 0 spiro atoms. The molecule has 184 valence electrons. The number of halogens is 1. The first-order chi connectivity index (χ1) is 18.7. The van der Waals surface area contributed by atoms with Gasteiger partial charge in [-0.25, -0.2) is 4.39 Å². The summed E-state index contributed by atoms with van der Waals surface area (Å²) < 4.78 is 77.6. The molecule has 5 aromatic rings. The van der Waals surface area contributed by atoms with Crippen molar-refractivity contribution in [3.8, 4) is 5.69 Å². The van der Waals surface area contributed by atoms with Gasteiger partial charge in [-0.1, -0.05) is 31.5 Å². The number of hydrogen-bond donors (Lipinski definition) is 0. The lowest BCUT2D eigenvalue weighted by molar-refractivity contribution is -0.107. The first-order valence-electron chi connectivity index (χ1n) is 13.3. The molecule has 2 aromatic heterocycles. The zero-order valence-corrected chi connectivity index (χ0v) is 20.7. The summed E-state index contributed by atoms with van der Waals surface area (Å²) in [6, 6.07) is 14.9. The van der Waals surface area contributed by atoms with Crippen LogP contribution in [-0.2, 0) is 21.2 Å². The van der Waals surface area contributed by atoms with E-state index in [9.17, 15) is 17.6 Å². The fourth-order valence-electron chi connectivity index (χ4n) is 4.45. The van der Waals surface area contributed by atoms with E-state index in [1.165, 1.54) is 48.7 Å². The van der Waals surface area contributed by atoms with E-state index in [2.05, 4.69) is 5.10 Å². The van der Waals surface area contributed by atoms with Gasteiger partial charge in [0, 0.05) is 34.0 Å². The summed E-state index contributed by atoms with van der Waals surface area (Å²) in [5.41, 5.74) is 2.22. The minimum absolute atomic E-state index is 0.0165. The van der Waals surface area contributed by atoms with Gasteiger partial charge in [0.15, 0.2) is 0 Å². The molecular weight excluding hydrogens is 477 g/mol. The molecule has 0 saturated heterocycles. The number of hydrogen-bond acceptors (Lipinski definition) is 4. The molecule has 0 fully saturated rings. The van der Waals surface area contributed by atoms with Gasteiger partial charge in [-0.05, 0) is 73.3 Å². The first kappa shape index (κ1) is 19.4. The Hall–Kier alpha value is -3.78. The number of aryl methyl sites for hydroxylation is 2. The highest BCUT2D eigenvalue weighted by molar-refractivity contribution is 7.90. The van der Waals surface area contributed by atoms with Crippen LogP contribution in [0.4, 0.5) is 4.39 Å². The monoisotopic (exact) mass is 507 g/mol. The minimum atomic E-state index is -4.13. The van der Waals surface area contributed by atoms with Crippen LogP contribution in [0.3, 0.4) is 0 Å². The molecule has 0 aliphatic carbocycles. The molecule has 0 saturated carbocycles. The third kappa shape index (κ3) is 3.91. The van der Waals surface area contributed by atoms with E-state index in [0.29, 0.717) is 22.3 Å². The predicted molar refractivity (Wildman–Crippen MR) is 139 cm³/mol. The van der Waals surface area contributed by atoms with Crippen molar-refractivity contribution in [2.45, 2.75) is 44.3 Å². The maximum absolute atomic E-state index is 13.8. The molecule has 6 nitrogen and oxygen atoms in total. The first-order valence-corrected chi connectivity index (χ1v) is 12.8. The minimum Gasteiger partial charge on any atom is -0.313 e. The summed E-state index contributed by atoms with van der Waals surface area (Å²) in [4.78, 5) is 11.8. The molecule has 0 amide bonds. The van der Waals surface area contributed by atoms with Gasteiger partial charge in [0.2, 0.25) is 0 Å². The zero-order valence-electron chi connectivity index (χ0n) is 23.9. The maximum atomic E-state index is 13.8. The molecule has 0 unspecified atom stereocenters. The fourth-order valence-corrected chi connectivity index (χ4v) is 5.72. The van der Waals surface area contributed by atoms with Crippen LogP contribution < -0.4 is 0 Å². The number of carbonyl (C=O) groups excluding carboxylic acids is 1. The van der Waals surface area contributed by atoms with Crippen molar-refractivity contribution in [2.75, 3.05) is 0 Å². The maximum Gasteiger partial charge on any atom is 0.283 e. The van der Waals surface area contributed by atoms with Crippen LogP contribution in [0.25, 0.3) is 27.5 Å². The van der Waals surface area contributed by atoms with Gasteiger partial charge in [-0.3, -0.25) is 0 Å². The molecule has 5 rings (SSSR count). The third-order valence-electron chi connectivity index (χ3n) is 6.09. The Labute approximate surface area is 214 Å². The second kappa shape index (κ2) is 9.02. The van der Waals surface area contributed by atoms with E-state index in [1.54, 1.807) is 36.6 Å². The second-order valence-electron chi connectivity index (χ2n) is 8.85. The molecule has 2 heterocycles. The number of rotatable bonds is 7. The lowest BCUT2D eigenvalue weighted by Crippen LogP contribution is -2.14. The zero-order chi connectivity index (χ0) is 29.2. The number of aldehydes is 1. The van der Waals surface area contributed by atoms with Crippen LogP contribution in [0.5, 0.6) is 0 Å². The van der Waals surface area contributed by atoms with Crippen molar-refractivity contribution < 1.29 is 23.1 Å². The SMILES string of the molecule is [2H]C([2H])(C=O)C([2H])([2H])c1c(C(C)C)n(-c2ccc(F)cc2)c2cc3cnn(S(=O)(=O)c4ccc(C)cc4)c3cc12. The van der Waals surface area contributed by atoms with Crippen molar-refractivity contribution in [1.29, 1.82) is 0 Å². The highest BCUT2D eigenvalue weighted by Crippen LogP contribution is 2.37. The number of benzene rings is 3. The van der Waals surface area contributed by atoms with Crippen molar-refractivity contribution in [2.24, 2.45) is 0 Å². The van der Waals surface area contributed by atoms with Gasteiger partial charge in [0.1, 0.15) is 12.1 Å². The topological polar surface area (TPSA) is 74.0 Å². The third-order valence-corrected chi connectivity index (χ3v) is 7.71. The van der Waals surface area contributed by atoms with Crippen molar-refractivity contribution >= 4 is 38.1 Å². The highest BCUT2D eigenvalue weighted by Gasteiger charge is 2.25. The normalized spacial score (nSPS) is 14.6. The van der Waals surface area contributed by atoms with Crippen LogP contribution in [0.1, 0.15) is 48.4 Å². The van der Waals surface area contributed by atoms with Crippen LogP contribution in [0.2, 0.25) is 0 Å². The summed E-state index contributed by atoms with van der Waals surface area (Å²) >= 11 is 0. The van der Waals surface area contributed by atoms with Crippen LogP contribution >= 0.6 is 0 Å². The summed E-state index contributed by atoms with van der Waals surface area (Å²) in [6.07, 6.45) is -4.41. The number of fused-ring (bicyclic) bond motifs is 2. The van der Waals surface area contributed by atoms with Crippen LogP contribution in [0.15, 0.2) is 71.8 Å². The molecule has 0 N–H and O–H groups in total. The van der Waals surface area contributed by atoms with Crippen LogP contribution in [-0.4, -0.2) is 28.5 Å². The number of carbonyl (C=O) groups is 1. The summed E-state index contributed by atoms with van der Waals surface area (Å²) in [5.74, 6) is -0.843. The molecule has 0 radical (unpaired) electrons. The van der Waals surface area contributed by atoms with Gasteiger partial charge in [-0.15, -0.1) is 0 Å². The lowest BCUT2D eigenvalue weighted by atomic mass is 9.99. The van der Waals surface area contributed by atoms with Gasteiger partial charge in [-0.2, -0.15) is 17.6 Å². The lowest BCUT2D eigenvalue weighted by Gasteiger charge is -2.15. The quantitative estimate of drug-likeness (QED) is 0.256. The molecule has 0 aliphatic heterocycles. The standard InChI is InChI=1S/C28H26FN3O3S/c1-18(2)28-24(5-4-14-33)25-16-26-20(15-27(25)31(28)22-10-8-21(29)9-11-22)17-30-32(26)36(34,35)23-12-6-19(3)7-13-23/h6-18H,4-5H2,1-3H3/i4D2,5D2. The largest absolute Gasteiger partial charge is 0.313 e. The molecule has 0 bridgehead atoms. The van der Waals surface area contributed by atoms with E-state index < -0.39 is 28.6 Å². The van der Waals surface area contributed by atoms with E-state index in [1.807, 2.05) is 6.92 Å². The number of aromatic nitrogens is 3. The molecule has 36 heavy (non-hydrogen) atoms. The number of nitrogens with zero attached hydrogens (tertiary/aromatic N) is 3. The molecular formula is C28H26FN3O3S. The molecule has 0 aliphatic rings. The molecule has 8 heteroatoms. The Balaban J connectivity index is 1.92. The fraction of sp³-hybridized carbons (Fsp3) is 0.214. The summed E-state index contributed by atoms with van der Waals surface area (Å²) in [6.45, 7) is 5.43. The van der Waals surface area contributed by atoms with Gasteiger partial charge < -0.3 is 9.36 Å². The van der Waals surface area contributed by atoms with Crippen molar-refractivity contribution in [3.05, 3.63) is 89.5 Å². The van der Waals surface area contributed by atoms with E-state index in [0.717, 1.165) is 9.65 Å². The Bertz CT molecular complexity index is 1880. The Kier molecular flexibility index (Phi) is 4.86. The average Bonchev–Trinajstić information content (AvgIpc) is 3.47. The Morgan fingerprint density at radius 1 is 1.06 bits per heavy atom. The van der Waals surface area contributed by atoms with Gasteiger partial charge in [0.05, 0.1) is 22.1 Å². The smallest absolute Gasteiger partial charge is 0.283 e. The van der Waals surface area contributed by atoms with E-state index in [-0.39, 0.29) is 33.6 Å². The van der Waals surface area contributed by atoms with E-state index in [4.69, 9.17) is 5.48 Å². The highest BCUT2D eigenvalue weighted by atomic mass is 32.2. The molecule has 3 aromatic carbocycles. The van der Waals surface area contributed by atoms with Crippen molar-refractivity contribution in [1.82, 2.24) is 13.8 Å².